The van der Waals surface area contributed by atoms with Crippen molar-refractivity contribution in [3.05, 3.63) is 65.7 Å². The summed E-state index contributed by atoms with van der Waals surface area (Å²) in [5.41, 5.74) is 1.55. The first kappa shape index (κ1) is 29.3. The molecule has 1 aliphatic rings. The van der Waals surface area contributed by atoms with Gasteiger partial charge in [-0.2, -0.15) is 4.31 Å². The number of aliphatic hydroxyl groups is 1. The van der Waals surface area contributed by atoms with Gasteiger partial charge in [-0.15, -0.1) is 0 Å². The van der Waals surface area contributed by atoms with Crippen molar-refractivity contribution in [3.8, 4) is 0 Å². The molecule has 0 aromatic heterocycles. The summed E-state index contributed by atoms with van der Waals surface area (Å²) in [7, 11) is -3.82. The minimum absolute atomic E-state index is 0.0218. The number of hydrogen-bond acceptors (Lipinski definition) is 4. The summed E-state index contributed by atoms with van der Waals surface area (Å²) >= 11 is 0. The maximum atomic E-state index is 13.6. The Kier molecular flexibility index (Phi) is 10.3. The van der Waals surface area contributed by atoms with Crippen LogP contribution < -0.4 is 5.32 Å². The molecule has 204 valence electrons. The Morgan fingerprint density at radius 1 is 1.00 bits per heavy atom. The van der Waals surface area contributed by atoms with Gasteiger partial charge in [0.05, 0.1) is 17.0 Å². The van der Waals surface area contributed by atoms with Gasteiger partial charge in [0.15, 0.2) is 0 Å². The van der Waals surface area contributed by atoms with Gasteiger partial charge in [-0.1, -0.05) is 88.1 Å². The molecule has 0 radical (unpaired) electrons. The molecule has 1 fully saturated rings. The molecule has 1 aliphatic carbocycles. The Hall–Kier alpha value is -2.22. The molecule has 0 bridgehead atoms. The number of rotatable bonds is 12. The van der Waals surface area contributed by atoms with Gasteiger partial charge in [0.1, 0.15) is 0 Å². The van der Waals surface area contributed by atoms with Crippen LogP contribution in [0, 0.1) is 18.3 Å². The molecule has 0 unspecified atom stereocenters. The molecule has 2 atom stereocenters. The molecule has 1 saturated carbocycles. The van der Waals surface area contributed by atoms with Crippen LogP contribution in [0.4, 0.5) is 0 Å². The molecule has 3 rings (SSSR count). The molecule has 2 N–H and O–H groups in total. The second-order valence-electron chi connectivity index (χ2n) is 11.1. The highest BCUT2D eigenvalue weighted by Gasteiger charge is 2.40. The van der Waals surface area contributed by atoms with Crippen molar-refractivity contribution in [2.45, 2.75) is 89.7 Å². The van der Waals surface area contributed by atoms with E-state index in [2.05, 4.69) is 12.2 Å². The van der Waals surface area contributed by atoms with Crippen LogP contribution in [0.3, 0.4) is 0 Å². The molecule has 2 aromatic rings. The smallest absolute Gasteiger partial charge is 0.243 e. The number of aryl methyl sites for hydroxylation is 1. The average Bonchev–Trinajstić information content (AvgIpc) is 2.88. The highest BCUT2D eigenvalue weighted by molar-refractivity contribution is 7.89. The predicted molar refractivity (Wildman–Crippen MR) is 149 cm³/mol. The van der Waals surface area contributed by atoms with E-state index in [1.165, 1.54) is 4.31 Å². The normalized spacial score (nSPS) is 17.5. The largest absolute Gasteiger partial charge is 0.390 e. The fourth-order valence-corrected chi connectivity index (χ4v) is 6.94. The fraction of sp³-hybridized carbons (Fsp3) is 0.567. The van der Waals surface area contributed by atoms with E-state index in [9.17, 15) is 18.3 Å². The highest BCUT2D eigenvalue weighted by Crippen LogP contribution is 2.39. The number of nitrogens with zero attached hydrogens (tertiary/aromatic N) is 1. The molecule has 37 heavy (non-hydrogen) atoms. The number of carbonyl (C=O) groups is 1. The molecule has 0 heterocycles. The topological polar surface area (TPSA) is 86.7 Å². The average molecular weight is 529 g/mol. The van der Waals surface area contributed by atoms with E-state index in [1.54, 1.807) is 24.3 Å². The van der Waals surface area contributed by atoms with Gasteiger partial charge in [0.25, 0.3) is 0 Å². The zero-order valence-electron chi connectivity index (χ0n) is 22.8. The lowest BCUT2D eigenvalue weighted by Crippen LogP contribution is -2.54. The van der Waals surface area contributed by atoms with Crippen molar-refractivity contribution < 1.29 is 18.3 Å². The highest BCUT2D eigenvalue weighted by atomic mass is 32.2. The third-order valence-electron chi connectivity index (χ3n) is 7.67. The van der Waals surface area contributed by atoms with Gasteiger partial charge in [-0.3, -0.25) is 4.79 Å². The van der Waals surface area contributed by atoms with E-state index < -0.39 is 27.6 Å². The fourth-order valence-electron chi connectivity index (χ4n) is 5.32. The number of amides is 1. The maximum Gasteiger partial charge on any atom is 0.243 e. The van der Waals surface area contributed by atoms with E-state index in [4.69, 9.17) is 0 Å². The second kappa shape index (κ2) is 13.0. The molecule has 7 heteroatoms. The third-order valence-corrected chi connectivity index (χ3v) is 9.51. The van der Waals surface area contributed by atoms with Crippen LogP contribution in [0.2, 0.25) is 0 Å². The second-order valence-corrected chi connectivity index (χ2v) is 13.0. The first-order valence-corrected chi connectivity index (χ1v) is 15.1. The minimum atomic E-state index is -3.82. The van der Waals surface area contributed by atoms with Crippen LogP contribution in [-0.2, 0) is 21.2 Å². The summed E-state index contributed by atoms with van der Waals surface area (Å²) in [6.45, 7) is 8.08. The van der Waals surface area contributed by atoms with Crippen LogP contribution in [0.15, 0.2) is 59.5 Å². The predicted octanol–water partition coefficient (Wildman–Crippen LogP) is 5.09. The molecular weight excluding hydrogens is 484 g/mol. The van der Waals surface area contributed by atoms with Gasteiger partial charge >= 0.3 is 0 Å². The summed E-state index contributed by atoms with van der Waals surface area (Å²) in [6, 6.07) is 15.9. The van der Waals surface area contributed by atoms with Crippen molar-refractivity contribution in [2.24, 2.45) is 11.3 Å². The Morgan fingerprint density at radius 3 is 2.19 bits per heavy atom. The molecule has 0 aliphatic heterocycles. The number of nitrogens with one attached hydrogen (secondary N) is 1. The number of sulfonamides is 1. The molecule has 0 spiro atoms. The van der Waals surface area contributed by atoms with Gasteiger partial charge < -0.3 is 10.4 Å². The first-order chi connectivity index (χ1) is 17.6. The zero-order chi connectivity index (χ0) is 27.1. The summed E-state index contributed by atoms with van der Waals surface area (Å²) in [6.07, 6.45) is 5.03. The molecule has 1 amide bonds. The summed E-state index contributed by atoms with van der Waals surface area (Å²) in [5, 5.41) is 14.7. The molecule has 2 aromatic carbocycles. The quantitative estimate of drug-likeness (QED) is 0.402. The van der Waals surface area contributed by atoms with E-state index in [1.807, 2.05) is 51.1 Å². The van der Waals surface area contributed by atoms with E-state index in [0.717, 1.165) is 49.7 Å². The van der Waals surface area contributed by atoms with Gasteiger partial charge in [-0.25, -0.2) is 8.42 Å². The van der Waals surface area contributed by atoms with E-state index >= 15 is 0 Å². The molecule has 6 nitrogen and oxygen atoms in total. The van der Waals surface area contributed by atoms with Crippen LogP contribution in [0.5, 0.6) is 0 Å². The third kappa shape index (κ3) is 7.65. The van der Waals surface area contributed by atoms with Crippen molar-refractivity contribution in [3.63, 3.8) is 0 Å². The number of hydrogen-bond donors (Lipinski definition) is 2. The summed E-state index contributed by atoms with van der Waals surface area (Å²) < 4.78 is 28.5. The standard InChI is InChI=1S/C30H44N2O4S/c1-5-30(18-10-7-11-19-30)29(34)31-27(20-25-12-8-6-9-13-25)28(33)22-32(21-23(2)3)37(35,36)26-16-14-24(4)15-17-26/h6,8-9,12-17,23,27-28,33H,5,7,10-11,18-22H2,1-4H3,(H,31,34)/t27-,28+/m0/s1. The van der Waals surface area contributed by atoms with E-state index in [0.29, 0.717) is 6.42 Å². The lowest BCUT2D eigenvalue weighted by Gasteiger charge is -2.38. The number of carbonyl (C=O) groups excluding carboxylic acids is 1. The summed E-state index contributed by atoms with van der Waals surface area (Å²) in [4.78, 5) is 13.8. The molecule has 0 saturated heterocycles. The van der Waals surface area contributed by atoms with Crippen molar-refractivity contribution in [1.82, 2.24) is 9.62 Å². The Balaban J connectivity index is 1.87. The lowest BCUT2D eigenvalue weighted by atomic mass is 9.71. The van der Waals surface area contributed by atoms with E-state index in [-0.39, 0.29) is 29.8 Å². The van der Waals surface area contributed by atoms with Crippen LogP contribution in [0.1, 0.15) is 70.4 Å². The Morgan fingerprint density at radius 2 is 1.62 bits per heavy atom. The van der Waals surface area contributed by atoms with Crippen molar-refractivity contribution in [2.75, 3.05) is 13.1 Å². The monoisotopic (exact) mass is 528 g/mol. The van der Waals surface area contributed by atoms with Crippen LogP contribution >= 0.6 is 0 Å². The maximum absolute atomic E-state index is 13.6. The van der Waals surface area contributed by atoms with Crippen LogP contribution in [0.25, 0.3) is 0 Å². The Bertz CT molecular complexity index is 1090. The van der Waals surface area contributed by atoms with Gasteiger partial charge in [0, 0.05) is 18.5 Å². The SMILES string of the molecule is CCC1(C(=O)N[C@@H](Cc2ccccc2)[C@H](O)CN(CC(C)C)S(=O)(=O)c2ccc(C)cc2)CCCCC1. The zero-order valence-corrected chi connectivity index (χ0v) is 23.6. The Labute approximate surface area is 223 Å². The van der Waals surface area contributed by atoms with Gasteiger partial charge in [0.2, 0.25) is 15.9 Å². The minimum Gasteiger partial charge on any atom is -0.390 e. The van der Waals surface area contributed by atoms with Crippen LogP contribution in [-0.4, -0.2) is 49.0 Å². The van der Waals surface area contributed by atoms with Gasteiger partial charge in [-0.05, 0) is 56.2 Å². The molecular formula is C30H44N2O4S. The first-order valence-electron chi connectivity index (χ1n) is 13.7. The summed E-state index contributed by atoms with van der Waals surface area (Å²) in [5.74, 6) is 0.0478. The number of benzene rings is 2. The van der Waals surface area contributed by atoms with Crippen molar-refractivity contribution >= 4 is 15.9 Å². The number of aliphatic hydroxyl groups excluding tert-OH is 1. The van der Waals surface area contributed by atoms with Crippen molar-refractivity contribution in [1.29, 1.82) is 0 Å². The lowest BCUT2D eigenvalue weighted by molar-refractivity contribution is -0.135.